The van der Waals surface area contributed by atoms with Gasteiger partial charge in [-0.3, -0.25) is 9.69 Å². The molecular weight excluding hydrogens is 324 g/mol. The van der Waals surface area contributed by atoms with E-state index in [0.29, 0.717) is 12.1 Å². The molecule has 0 bridgehead atoms. The Morgan fingerprint density at radius 3 is 2.90 bits per heavy atom. The molecule has 1 aromatic rings. The number of carbonyl (C=O) groups excluding carboxylic acids is 1. The number of rotatable bonds is 5. The molecule has 6 heteroatoms. The minimum Gasteiger partial charge on any atom is -0.507 e. The minimum absolute atomic E-state index is 0.00104. The molecule has 1 heterocycles. The van der Waals surface area contributed by atoms with Crippen LogP contribution in [0.4, 0.5) is 0 Å². The van der Waals surface area contributed by atoms with E-state index >= 15 is 0 Å². The fourth-order valence-electron chi connectivity index (χ4n) is 2.11. The van der Waals surface area contributed by atoms with Gasteiger partial charge in [0.1, 0.15) is 5.75 Å². The number of morpholine rings is 1. The molecule has 2 rings (SSSR count). The summed E-state index contributed by atoms with van der Waals surface area (Å²) in [5.41, 5.74) is 0.297. The molecule has 1 saturated heterocycles. The van der Waals surface area contributed by atoms with E-state index in [1.165, 1.54) is 6.07 Å². The molecule has 1 aliphatic rings. The maximum Gasteiger partial charge on any atom is 0.255 e. The van der Waals surface area contributed by atoms with Gasteiger partial charge in [0, 0.05) is 24.1 Å². The summed E-state index contributed by atoms with van der Waals surface area (Å²) in [5, 5.41) is 12.5. The Balaban J connectivity index is 1.73. The highest BCUT2D eigenvalue weighted by molar-refractivity contribution is 9.10. The molecule has 20 heavy (non-hydrogen) atoms. The van der Waals surface area contributed by atoms with Gasteiger partial charge >= 0.3 is 0 Å². The van der Waals surface area contributed by atoms with Crippen LogP contribution in [0.25, 0.3) is 0 Å². The summed E-state index contributed by atoms with van der Waals surface area (Å²) in [4.78, 5) is 14.3. The maximum absolute atomic E-state index is 11.9. The molecule has 1 aliphatic heterocycles. The number of benzene rings is 1. The Bertz CT molecular complexity index is 462. The smallest absolute Gasteiger partial charge is 0.255 e. The van der Waals surface area contributed by atoms with Gasteiger partial charge in [0.15, 0.2) is 0 Å². The zero-order chi connectivity index (χ0) is 14.4. The van der Waals surface area contributed by atoms with E-state index in [-0.39, 0.29) is 11.7 Å². The van der Waals surface area contributed by atoms with Crippen molar-refractivity contribution >= 4 is 21.8 Å². The zero-order valence-corrected chi connectivity index (χ0v) is 12.9. The SMILES string of the molecule is O=C(NCCCN1CCOCC1)c1cc(Br)ccc1O. The largest absolute Gasteiger partial charge is 0.507 e. The third kappa shape index (κ3) is 4.47. The average molecular weight is 343 g/mol. The normalized spacial score (nSPS) is 16.1. The number of halogens is 1. The summed E-state index contributed by atoms with van der Waals surface area (Å²) in [7, 11) is 0. The lowest BCUT2D eigenvalue weighted by atomic mass is 10.2. The molecule has 5 nitrogen and oxygen atoms in total. The highest BCUT2D eigenvalue weighted by Crippen LogP contribution is 2.21. The number of hydrogen-bond donors (Lipinski definition) is 2. The second-order valence-corrected chi connectivity index (χ2v) is 5.64. The van der Waals surface area contributed by atoms with E-state index in [2.05, 4.69) is 26.1 Å². The van der Waals surface area contributed by atoms with Gasteiger partial charge in [0.2, 0.25) is 0 Å². The molecule has 0 spiro atoms. The van der Waals surface area contributed by atoms with E-state index in [0.717, 1.165) is 43.7 Å². The average Bonchev–Trinajstić information content (AvgIpc) is 2.47. The van der Waals surface area contributed by atoms with Crippen LogP contribution in [0.3, 0.4) is 0 Å². The van der Waals surface area contributed by atoms with E-state index in [1.807, 2.05) is 0 Å². The third-order valence-electron chi connectivity index (χ3n) is 3.24. The van der Waals surface area contributed by atoms with Crippen molar-refractivity contribution < 1.29 is 14.6 Å². The number of nitrogens with zero attached hydrogens (tertiary/aromatic N) is 1. The lowest BCUT2D eigenvalue weighted by Crippen LogP contribution is -2.38. The van der Waals surface area contributed by atoms with Crippen LogP contribution in [-0.2, 0) is 4.74 Å². The van der Waals surface area contributed by atoms with Crippen molar-refractivity contribution in [2.24, 2.45) is 0 Å². The number of phenols is 1. The molecule has 0 unspecified atom stereocenters. The Labute approximate surface area is 127 Å². The van der Waals surface area contributed by atoms with Crippen molar-refractivity contribution in [1.82, 2.24) is 10.2 Å². The summed E-state index contributed by atoms with van der Waals surface area (Å²) >= 11 is 3.29. The van der Waals surface area contributed by atoms with E-state index in [4.69, 9.17) is 4.74 Å². The topological polar surface area (TPSA) is 61.8 Å². The fourth-order valence-corrected chi connectivity index (χ4v) is 2.48. The van der Waals surface area contributed by atoms with Crippen LogP contribution in [0.1, 0.15) is 16.8 Å². The van der Waals surface area contributed by atoms with Crippen LogP contribution in [0, 0.1) is 0 Å². The predicted molar refractivity (Wildman–Crippen MR) is 80.0 cm³/mol. The number of phenolic OH excluding ortho intramolecular Hbond substituents is 1. The first kappa shape index (κ1) is 15.3. The molecule has 1 fully saturated rings. The van der Waals surface area contributed by atoms with E-state index < -0.39 is 0 Å². The zero-order valence-electron chi connectivity index (χ0n) is 11.3. The van der Waals surface area contributed by atoms with Crippen LogP contribution in [-0.4, -0.2) is 55.3 Å². The number of carbonyl (C=O) groups is 1. The monoisotopic (exact) mass is 342 g/mol. The lowest BCUT2D eigenvalue weighted by molar-refractivity contribution is 0.0374. The Morgan fingerprint density at radius 1 is 1.40 bits per heavy atom. The first-order chi connectivity index (χ1) is 9.66. The molecule has 1 amide bonds. The van der Waals surface area contributed by atoms with Gasteiger partial charge in [-0.2, -0.15) is 0 Å². The van der Waals surface area contributed by atoms with Crippen molar-refractivity contribution in [3.05, 3.63) is 28.2 Å². The second-order valence-electron chi connectivity index (χ2n) is 4.72. The van der Waals surface area contributed by atoms with Crippen LogP contribution in [0.5, 0.6) is 5.75 Å². The van der Waals surface area contributed by atoms with Gasteiger partial charge in [-0.1, -0.05) is 15.9 Å². The third-order valence-corrected chi connectivity index (χ3v) is 3.74. The highest BCUT2D eigenvalue weighted by Gasteiger charge is 2.12. The molecule has 2 N–H and O–H groups in total. The quantitative estimate of drug-likeness (QED) is 0.798. The molecular formula is C14H19BrN2O3. The second kappa shape index (κ2) is 7.61. The van der Waals surface area contributed by atoms with Gasteiger partial charge < -0.3 is 15.2 Å². The van der Waals surface area contributed by atoms with E-state index in [1.54, 1.807) is 12.1 Å². The highest BCUT2D eigenvalue weighted by atomic mass is 79.9. The van der Waals surface area contributed by atoms with Crippen LogP contribution >= 0.6 is 15.9 Å². The molecule has 0 aliphatic carbocycles. The number of aromatic hydroxyl groups is 1. The van der Waals surface area contributed by atoms with Crippen molar-refractivity contribution in [2.45, 2.75) is 6.42 Å². The van der Waals surface area contributed by atoms with E-state index in [9.17, 15) is 9.90 Å². The lowest BCUT2D eigenvalue weighted by Gasteiger charge is -2.26. The summed E-state index contributed by atoms with van der Waals surface area (Å²) in [5.74, 6) is -0.246. The van der Waals surface area contributed by atoms with Crippen LogP contribution in [0.15, 0.2) is 22.7 Å². The Kier molecular flexibility index (Phi) is 5.82. The fraction of sp³-hybridized carbons (Fsp3) is 0.500. The van der Waals surface area contributed by atoms with Gasteiger partial charge in [0.25, 0.3) is 5.91 Å². The number of nitrogens with one attached hydrogen (secondary N) is 1. The summed E-state index contributed by atoms with van der Waals surface area (Å²) in [6.45, 7) is 5.05. The van der Waals surface area contributed by atoms with Gasteiger partial charge in [-0.15, -0.1) is 0 Å². The number of ether oxygens (including phenoxy) is 1. The molecule has 1 aromatic carbocycles. The Morgan fingerprint density at radius 2 is 2.15 bits per heavy atom. The standard InChI is InChI=1S/C14H19BrN2O3/c15-11-2-3-13(18)12(10-11)14(19)16-4-1-5-17-6-8-20-9-7-17/h2-3,10,18H,1,4-9H2,(H,16,19). The van der Waals surface area contributed by atoms with Gasteiger partial charge in [-0.25, -0.2) is 0 Å². The summed E-state index contributed by atoms with van der Waals surface area (Å²) in [6.07, 6.45) is 0.889. The molecule has 0 radical (unpaired) electrons. The minimum atomic E-state index is -0.245. The molecule has 0 atom stereocenters. The number of amides is 1. The van der Waals surface area contributed by atoms with Crippen molar-refractivity contribution in [3.63, 3.8) is 0 Å². The first-order valence-electron chi connectivity index (χ1n) is 6.73. The van der Waals surface area contributed by atoms with Gasteiger partial charge in [-0.05, 0) is 31.2 Å². The van der Waals surface area contributed by atoms with Crippen LogP contribution < -0.4 is 5.32 Å². The van der Waals surface area contributed by atoms with Crippen molar-refractivity contribution in [2.75, 3.05) is 39.4 Å². The molecule has 0 saturated carbocycles. The Hall–Kier alpha value is -1.11. The van der Waals surface area contributed by atoms with Gasteiger partial charge in [0.05, 0.1) is 18.8 Å². The van der Waals surface area contributed by atoms with Crippen LogP contribution in [0.2, 0.25) is 0 Å². The van der Waals surface area contributed by atoms with Crippen molar-refractivity contribution in [3.8, 4) is 5.75 Å². The molecule has 110 valence electrons. The maximum atomic E-state index is 11.9. The van der Waals surface area contributed by atoms with Crippen molar-refractivity contribution in [1.29, 1.82) is 0 Å². The summed E-state index contributed by atoms with van der Waals surface area (Å²) < 4.78 is 6.05. The molecule has 0 aromatic heterocycles. The predicted octanol–water partition coefficient (Wildman–Crippen LogP) is 1.61. The number of hydrogen-bond acceptors (Lipinski definition) is 4. The summed E-state index contributed by atoms with van der Waals surface area (Å²) in [6, 6.07) is 4.82. The first-order valence-corrected chi connectivity index (χ1v) is 7.53.